The van der Waals surface area contributed by atoms with E-state index < -0.39 is 0 Å². The molecule has 3 saturated heterocycles. The molecule has 0 amide bonds. The van der Waals surface area contributed by atoms with Crippen LogP contribution in [0.15, 0.2) is 48.5 Å². The fourth-order valence-electron chi connectivity index (χ4n) is 5.41. The van der Waals surface area contributed by atoms with Gasteiger partial charge in [0.05, 0.1) is 0 Å². The molecule has 0 aliphatic carbocycles. The number of nitrogens with zero attached hydrogens (tertiary/aromatic N) is 2. The zero-order valence-corrected chi connectivity index (χ0v) is 20.2. The molecule has 2 heteroatoms. The van der Waals surface area contributed by atoms with Gasteiger partial charge in [-0.15, -0.1) is 0 Å². The van der Waals surface area contributed by atoms with Crippen molar-refractivity contribution in [3.05, 3.63) is 70.8 Å². The van der Waals surface area contributed by atoms with Gasteiger partial charge in [-0.3, -0.25) is 0 Å². The lowest BCUT2D eigenvalue weighted by Crippen LogP contribution is -2.74. The van der Waals surface area contributed by atoms with Crippen LogP contribution in [0.25, 0.3) is 0 Å². The number of hydrogen-bond donors (Lipinski definition) is 0. The highest BCUT2D eigenvalue weighted by atomic mass is 15.5. The van der Waals surface area contributed by atoms with Crippen LogP contribution in [-0.4, -0.2) is 48.2 Å². The fraction of sp³-hybridized carbons (Fsp3) is 0.571. The predicted molar refractivity (Wildman–Crippen MR) is 127 cm³/mol. The second-order valence-electron chi connectivity index (χ2n) is 12.2. The Morgan fingerprint density at radius 2 is 0.767 bits per heavy atom. The van der Waals surface area contributed by atoms with Crippen LogP contribution in [0.4, 0.5) is 0 Å². The smallest absolute Gasteiger partial charge is 0.129 e. The highest BCUT2D eigenvalue weighted by Crippen LogP contribution is 2.32. The first-order chi connectivity index (χ1) is 14.0. The molecule has 5 rings (SSSR count). The monoisotopic (exact) mass is 406 g/mol. The molecule has 0 aromatic heterocycles. The maximum atomic E-state index is 2.38. The van der Waals surface area contributed by atoms with Gasteiger partial charge < -0.3 is 8.97 Å². The molecule has 2 aromatic carbocycles. The van der Waals surface area contributed by atoms with Gasteiger partial charge in [0.15, 0.2) is 0 Å². The molecule has 30 heavy (non-hydrogen) atoms. The number of hydrogen-bond acceptors (Lipinski definition) is 0. The van der Waals surface area contributed by atoms with Crippen molar-refractivity contribution in [2.75, 3.05) is 39.3 Å². The van der Waals surface area contributed by atoms with E-state index in [1.807, 2.05) is 0 Å². The summed E-state index contributed by atoms with van der Waals surface area (Å²) < 4.78 is 2.61. The van der Waals surface area contributed by atoms with Gasteiger partial charge in [-0.25, -0.2) is 0 Å². The fourth-order valence-corrected chi connectivity index (χ4v) is 5.41. The van der Waals surface area contributed by atoms with E-state index in [9.17, 15) is 0 Å². The van der Waals surface area contributed by atoms with Gasteiger partial charge in [-0.2, -0.15) is 0 Å². The van der Waals surface area contributed by atoms with Crippen molar-refractivity contribution in [2.45, 2.75) is 65.5 Å². The summed E-state index contributed by atoms with van der Waals surface area (Å²) in [6, 6.07) is 18.9. The molecule has 0 saturated carbocycles. The molecular formula is C28H42N2+2. The van der Waals surface area contributed by atoms with Crippen LogP contribution in [0.3, 0.4) is 0 Å². The van der Waals surface area contributed by atoms with Crippen molar-refractivity contribution in [1.82, 2.24) is 0 Å². The van der Waals surface area contributed by atoms with Gasteiger partial charge in [0.25, 0.3) is 0 Å². The minimum Gasteiger partial charge on any atom is -0.306 e. The molecule has 0 unspecified atom stereocenters. The first-order valence-electron chi connectivity index (χ1n) is 11.9. The van der Waals surface area contributed by atoms with Crippen molar-refractivity contribution in [3.8, 4) is 0 Å². The quantitative estimate of drug-likeness (QED) is 0.576. The number of piperazine rings is 3. The largest absolute Gasteiger partial charge is 0.306 e. The summed E-state index contributed by atoms with van der Waals surface area (Å²) in [6.45, 7) is 24.2. The molecule has 2 nitrogen and oxygen atoms in total. The van der Waals surface area contributed by atoms with Crippen LogP contribution in [-0.2, 0) is 23.9 Å². The van der Waals surface area contributed by atoms with E-state index in [0.29, 0.717) is 0 Å². The number of fused-ring (bicyclic) bond motifs is 3. The Labute approximate surface area is 184 Å². The van der Waals surface area contributed by atoms with Gasteiger partial charge in [-0.05, 0) is 22.0 Å². The Balaban J connectivity index is 1.39. The van der Waals surface area contributed by atoms with Crippen molar-refractivity contribution in [3.63, 3.8) is 0 Å². The molecule has 2 bridgehead atoms. The third-order valence-corrected chi connectivity index (χ3v) is 7.82. The van der Waals surface area contributed by atoms with E-state index in [4.69, 9.17) is 0 Å². The Morgan fingerprint density at radius 3 is 1.00 bits per heavy atom. The molecule has 3 heterocycles. The second kappa shape index (κ2) is 7.50. The molecule has 0 spiro atoms. The Bertz CT molecular complexity index is 763. The van der Waals surface area contributed by atoms with E-state index in [-0.39, 0.29) is 10.8 Å². The van der Waals surface area contributed by atoms with Crippen molar-refractivity contribution < 1.29 is 8.97 Å². The third-order valence-electron chi connectivity index (χ3n) is 7.82. The minimum absolute atomic E-state index is 0.240. The highest BCUT2D eigenvalue weighted by Gasteiger charge is 2.48. The highest BCUT2D eigenvalue weighted by molar-refractivity contribution is 5.28. The lowest BCUT2D eigenvalue weighted by Gasteiger charge is -2.55. The first kappa shape index (κ1) is 21.6. The summed E-state index contributed by atoms with van der Waals surface area (Å²) in [6.07, 6.45) is 0. The number of benzene rings is 2. The van der Waals surface area contributed by atoms with E-state index in [1.54, 1.807) is 0 Å². The van der Waals surface area contributed by atoms with E-state index in [2.05, 4.69) is 90.1 Å². The predicted octanol–water partition coefficient (Wildman–Crippen LogP) is 5.64. The molecule has 3 aliphatic heterocycles. The zero-order valence-electron chi connectivity index (χ0n) is 20.2. The van der Waals surface area contributed by atoms with Crippen LogP contribution in [0.1, 0.15) is 63.8 Å². The van der Waals surface area contributed by atoms with E-state index in [0.717, 1.165) is 0 Å². The normalized spacial score (nSPS) is 26.7. The van der Waals surface area contributed by atoms with Crippen LogP contribution in [0.2, 0.25) is 0 Å². The molecule has 3 fully saturated rings. The standard InChI is InChI=1S/C28H42N2/c1-27(2,3)25-11-7-23(8-12-25)21-29-15-18-30(19-16-29,20-17-29)22-24-9-13-26(14-10-24)28(4,5)6/h7-14H,15-22H2,1-6H3/q+2. The van der Waals surface area contributed by atoms with E-state index >= 15 is 0 Å². The van der Waals surface area contributed by atoms with Crippen LogP contribution >= 0.6 is 0 Å². The first-order valence-corrected chi connectivity index (χ1v) is 11.9. The summed E-state index contributed by atoms with van der Waals surface area (Å²) in [5, 5.41) is 0. The van der Waals surface area contributed by atoms with Crippen LogP contribution < -0.4 is 0 Å². The average Bonchev–Trinajstić information content (AvgIpc) is 2.69. The van der Waals surface area contributed by atoms with Gasteiger partial charge in [0.2, 0.25) is 0 Å². The van der Waals surface area contributed by atoms with Gasteiger partial charge in [0.1, 0.15) is 52.4 Å². The topological polar surface area (TPSA) is 0 Å². The second-order valence-corrected chi connectivity index (χ2v) is 12.2. The van der Waals surface area contributed by atoms with Gasteiger partial charge in [-0.1, -0.05) is 90.1 Å². The Kier molecular flexibility index (Phi) is 5.39. The third kappa shape index (κ3) is 4.50. The maximum absolute atomic E-state index is 2.38. The summed E-state index contributed by atoms with van der Waals surface area (Å²) in [5.74, 6) is 0. The van der Waals surface area contributed by atoms with Crippen LogP contribution in [0, 0.1) is 0 Å². The van der Waals surface area contributed by atoms with Gasteiger partial charge >= 0.3 is 0 Å². The molecule has 2 aromatic rings. The molecule has 0 atom stereocenters. The molecule has 3 aliphatic rings. The SMILES string of the molecule is CC(C)(C)c1ccc(C[N+]23CC[N+](Cc4ccc(C(C)(C)C)cc4)(CC2)CC3)cc1. The van der Waals surface area contributed by atoms with Crippen molar-refractivity contribution in [1.29, 1.82) is 0 Å². The number of rotatable bonds is 4. The van der Waals surface area contributed by atoms with Gasteiger partial charge in [0, 0.05) is 11.1 Å². The van der Waals surface area contributed by atoms with Crippen molar-refractivity contribution >= 4 is 0 Å². The summed E-state index contributed by atoms with van der Waals surface area (Å²) in [7, 11) is 0. The van der Waals surface area contributed by atoms with E-state index in [1.165, 1.54) is 83.6 Å². The Hall–Kier alpha value is -1.64. The van der Waals surface area contributed by atoms with Crippen LogP contribution in [0.5, 0.6) is 0 Å². The molecule has 0 radical (unpaired) electrons. The summed E-state index contributed by atoms with van der Waals surface area (Å²) >= 11 is 0. The zero-order chi connectivity index (χ0) is 21.6. The summed E-state index contributed by atoms with van der Waals surface area (Å²) in [5.41, 5.74) is 6.39. The number of quaternary nitrogens is 2. The summed E-state index contributed by atoms with van der Waals surface area (Å²) in [4.78, 5) is 0. The molecular weight excluding hydrogens is 364 g/mol. The Morgan fingerprint density at radius 1 is 0.500 bits per heavy atom. The maximum Gasteiger partial charge on any atom is 0.129 e. The lowest BCUT2D eigenvalue weighted by atomic mass is 9.86. The van der Waals surface area contributed by atoms with Crippen molar-refractivity contribution in [2.24, 2.45) is 0 Å². The average molecular weight is 407 g/mol. The molecule has 162 valence electrons. The minimum atomic E-state index is 0.240. The molecule has 0 N–H and O–H groups in total. The lowest BCUT2D eigenvalue weighted by molar-refractivity contribution is -1.09.